The highest BCUT2D eigenvalue weighted by atomic mass is 31.2. The number of hydrogen-bond donors (Lipinski definition) is 0. The number of carbonyl (C=O) groups is 1. The molecule has 0 spiro atoms. The monoisotopic (exact) mass is 482 g/mol. The normalized spacial score (nSPS) is 13.9. The summed E-state index contributed by atoms with van der Waals surface area (Å²) in [4.78, 5) is 16.6. The minimum Gasteiger partial charge on any atom is -0.459 e. The SMILES string of the molecule is CCCCCCCC(F)(F)c1noc(CC(C(=O)OC(C)(C)C)P(=O)(OCC)OCC)n1. The number of esters is 1. The lowest BCUT2D eigenvalue weighted by molar-refractivity contribution is -0.154. The molecule has 1 heterocycles. The van der Waals surface area contributed by atoms with Crippen LogP contribution in [0.1, 0.15) is 91.8 Å². The molecule has 1 atom stereocenters. The minimum atomic E-state index is -3.99. The molecule has 32 heavy (non-hydrogen) atoms. The number of unbranched alkanes of at least 4 members (excludes halogenated alkanes) is 4. The van der Waals surface area contributed by atoms with Gasteiger partial charge in [0.1, 0.15) is 5.60 Å². The third-order valence-electron chi connectivity index (χ3n) is 4.44. The second-order valence-corrected chi connectivity index (χ2v) is 10.7. The number of hydrogen-bond acceptors (Lipinski definition) is 8. The first-order chi connectivity index (χ1) is 14.9. The van der Waals surface area contributed by atoms with Crippen LogP contribution in [0.3, 0.4) is 0 Å². The first-order valence-electron chi connectivity index (χ1n) is 11.2. The Bertz CT molecular complexity index is 741. The maximum atomic E-state index is 14.5. The highest BCUT2D eigenvalue weighted by molar-refractivity contribution is 7.55. The Kier molecular flexibility index (Phi) is 11.4. The predicted molar refractivity (Wildman–Crippen MR) is 116 cm³/mol. The van der Waals surface area contributed by atoms with Crippen LogP contribution < -0.4 is 0 Å². The number of halogens is 2. The summed E-state index contributed by atoms with van der Waals surface area (Å²) >= 11 is 0. The lowest BCUT2D eigenvalue weighted by atomic mass is 10.1. The first kappa shape index (κ1) is 28.7. The third-order valence-corrected chi connectivity index (χ3v) is 6.83. The van der Waals surface area contributed by atoms with Gasteiger partial charge in [-0.2, -0.15) is 13.8 Å². The molecule has 1 aromatic heterocycles. The van der Waals surface area contributed by atoms with Crippen molar-refractivity contribution in [2.24, 2.45) is 0 Å². The summed E-state index contributed by atoms with van der Waals surface area (Å²) in [6.07, 6.45) is 3.14. The van der Waals surface area contributed by atoms with Gasteiger partial charge >= 0.3 is 19.5 Å². The van der Waals surface area contributed by atoms with Gasteiger partial charge in [0.25, 0.3) is 0 Å². The third kappa shape index (κ3) is 9.24. The van der Waals surface area contributed by atoms with Crippen molar-refractivity contribution >= 4 is 13.6 Å². The Balaban J connectivity index is 3.04. The van der Waals surface area contributed by atoms with E-state index in [2.05, 4.69) is 17.1 Å². The largest absolute Gasteiger partial charge is 0.459 e. The molecule has 186 valence electrons. The molecule has 8 nitrogen and oxygen atoms in total. The molecule has 1 rings (SSSR count). The second kappa shape index (κ2) is 12.8. The molecule has 0 aromatic carbocycles. The van der Waals surface area contributed by atoms with E-state index >= 15 is 0 Å². The van der Waals surface area contributed by atoms with Gasteiger partial charge in [0, 0.05) is 6.42 Å². The Morgan fingerprint density at radius 2 is 1.66 bits per heavy atom. The molecule has 0 N–H and O–H groups in total. The zero-order valence-electron chi connectivity index (χ0n) is 20.0. The molecule has 0 saturated carbocycles. The van der Waals surface area contributed by atoms with Crippen LogP contribution in [0.25, 0.3) is 0 Å². The Labute approximate surface area is 189 Å². The van der Waals surface area contributed by atoms with Gasteiger partial charge in [0.15, 0.2) is 5.66 Å². The average Bonchev–Trinajstić information content (AvgIpc) is 3.14. The summed E-state index contributed by atoms with van der Waals surface area (Å²) in [6.45, 7) is 10.2. The van der Waals surface area contributed by atoms with Crippen molar-refractivity contribution in [1.29, 1.82) is 0 Å². The van der Waals surface area contributed by atoms with Gasteiger partial charge in [-0.25, -0.2) is 0 Å². The van der Waals surface area contributed by atoms with Gasteiger partial charge in [-0.05, 0) is 41.0 Å². The van der Waals surface area contributed by atoms with E-state index in [-0.39, 0.29) is 19.1 Å². The van der Waals surface area contributed by atoms with Crippen LogP contribution in [0.4, 0.5) is 8.78 Å². The second-order valence-electron chi connectivity index (χ2n) is 8.51. The van der Waals surface area contributed by atoms with Crippen LogP contribution in [0.2, 0.25) is 0 Å². The van der Waals surface area contributed by atoms with Crippen molar-refractivity contribution in [3.05, 3.63) is 11.7 Å². The molecule has 0 aliphatic heterocycles. The number of alkyl halides is 2. The first-order valence-corrected chi connectivity index (χ1v) is 12.8. The van der Waals surface area contributed by atoms with Crippen molar-refractivity contribution in [1.82, 2.24) is 10.1 Å². The fraction of sp³-hybridized carbons (Fsp3) is 0.857. The van der Waals surface area contributed by atoms with Crippen LogP contribution >= 0.6 is 7.60 Å². The fourth-order valence-electron chi connectivity index (χ4n) is 2.99. The predicted octanol–water partition coefficient (Wildman–Crippen LogP) is 6.04. The lowest BCUT2D eigenvalue weighted by Crippen LogP contribution is -2.34. The van der Waals surface area contributed by atoms with Crippen molar-refractivity contribution in [2.75, 3.05) is 13.2 Å². The van der Waals surface area contributed by atoms with E-state index in [1.54, 1.807) is 34.6 Å². The Morgan fingerprint density at radius 3 is 2.19 bits per heavy atom. The van der Waals surface area contributed by atoms with Crippen LogP contribution in [-0.2, 0) is 35.5 Å². The summed E-state index contributed by atoms with van der Waals surface area (Å²) in [6, 6.07) is 0. The van der Waals surface area contributed by atoms with Crippen LogP contribution in [-0.4, -0.2) is 40.6 Å². The summed E-state index contributed by atoms with van der Waals surface area (Å²) < 4.78 is 63.2. The van der Waals surface area contributed by atoms with Gasteiger partial charge in [0.2, 0.25) is 11.7 Å². The van der Waals surface area contributed by atoms with E-state index < -0.39 is 49.4 Å². The Morgan fingerprint density at radius 1 is 1.06 bits per heavy atom. The molecule has 0 amide bonds. The average molecular weight is 483 g/mol. The quantitative estimate of drug-likeness (QED) is 0.169. The van der Waals surface area contributed by atoms with E-state index in [9.17, 15) is 18.1 Å². The number of ether oxygens (including phenoxy) is 1. The lowest BCUT2D eigenvalue weighted by Gasteiger charge is -2.27. The highest BCUT2D eigenvalue weighted by Crippen LogP contribution is 2.54. The van der Waals surface area contributed by atoms with Gasteiger partial charge in [-0.15, -0.1) is 0 Å². The van der Waals surface area contributed by atoms with Crippen molar-refractivity contribution in [3.63, 3.8) is 0 Å². The van der Waals surface area contributed by atoms with E-state index in [1.807, 2.05) is 0 Å². The van der Waals surface area contributed by atoms with E-state index in [4.69, 9.17) is 18.3 Å². The molecule has 0 fully saturated rings. The molecule has 1 unspecified atom stereocenters. The number of aromatic nitrogens is 2. The molecule has 11 heteroatoms. The molecule has 1 aromatic rings. The van der Waals surface area contributed by atoms with E-state index in [0.29, 0.717) is 12.8 Å². The van der Waals surface area contributed by atoms with Crippen LogP contribution in [0.5, 0.6) is 0 Å². The molecule has 0 saturated heterocycles. The standard InChI is InChI=1S/C21H37F2N2O6P/c1-7-10-11-12-13-14-21(22,23)19-24-17(31-25-19)15-16(18(26)30-20(4,5)6)32(27,28-8-2)29-9-3/h16H,7-15H2,1-6H3. The van der Waals surface area contributed by atoms with E-state index in [1.165, 1.54) is 0 Å². The van der Waals surface area contributed by atoms with Gasteiger partial charge < -0.3 is 18.3 Å². The number of carbonyl (C=O) groups excluding carboxylic acids is 1. The number of nitrogens with zero attached hydrogens (tertiary/aromatic N) is 2. The summed E-state index contributed by atoms with van der Waals surface area (Å²) in [5.41, 5.74) is -2.30. The van der Waals surface area contributed by atoms with Gasteiger partial charge in [0.05, 0.1) is 19.6 Å². The molecule has 0 aliphatic carbocycles. The maximum Gasteiger partial charge on any atom is 0.345 e. The van der Waals surface area contributed by atoms with Crippen LogP contribution in [0.15, 0.2) is 4.52 Å². The van der Waals surface area contributed by atoms with Crippen molar-refractivity contribution < 1.29 is 36.4 Å². The molecule has 0 aliphatic rings. The molecule has 0 radical (unpaired) electrons. The molecular formula is C21H37F2N2O6P. The zero-order valence-corrected chi connectivity index (χ0v) is 20.9. The van der Waals surface area contributed by atoms with Crippen LogP contribution in [0, 0.1) is 0 Å². The molecular weight excluding hydrogens is 445 g/mol. The van der Waals surface area contributed by atoms with Gasteiger partial charge in [-0.1, -0.05) is 37.8 Å². The summed E-state index contributed by atoms with van der Waals surface area (Å²) in [5, 5.41) is 3.40. The number of rotatable bonds is 15. The summed E-state index contributed by atoms with van der Waals surface area (Å²) in [5.74, 6) is -5.14. The maximum absolute atomic E-state index is 14.5. The van der Waals surface area contributed by atoms with E-state index in [0.717, 1.165) is 19.3 Å². The fourth-order valence-corrected chi connectivity index (χ4v) is 4.83. The highest BCUT2D eigenvalue weighted by Gasteiger charge is 2.45. The summed E-state index contributed by atoms with van der Waals surface area (Å²) in [7, 11) is -3.99. The minimum absolute atomic E-state index is 0.0156. The van der Waals surface area contributed by atoms with Crippen molar-refractivity contribution in [2.45, 2.75) is 104 Å². The topological polar surface area (TPSA) is 101 Å². The molecule has 0 bridgehead atoms. The smallest absolute Gasteiger partial charge is 0.345 e. The Hall–Kier alpha value is -1.38. The van der Waals surface area contributed by atoms with Crippen molar-refractivity contribution in [3.8, 4) is 0 Å². The van der Waals surface area contributed by atoms with Gasteiger partial charge in [-0.3, -0.25) is 9.36 Å². The zero-order chi connectivity index (χ0) is 24.4.